The van der Waals surface area contributed by atoms with Crippen LogP contribution in [0.4, 0.5) is 8.78 Å². The summed E-state index contributed by atoms with van der Waals surface area (Å²) in [7, 11) is 0. The van der Waals surface area contributed by atoms with Gasteiger partial charge in [-0.3, -0.25) is 4.98 Å². The molecule has 0 spiro atoms. The molecular weight excluding hydrogens is 486 g/mol. The highest BCUT2D eigenvalue weighted by Gasteiger charge is 2.21. The molecule has 0 amide bonds. The second kappa shape index (κ2) is 9.47. The Bertz CT molecular complexity index is 1550. The quantitative estimate of drug-likeness (QED) is 0.308. The Morgan fingerprint density at radius 2 is 2.00 bits per heavy atom. The molecule has 4 aromatic heterocycles. The van der Waals surface area contributed by atoms with Crippen molar-refractivity contribution in [2.75, 3.05) is 13.2 Å². The summed E-state index contributed by atoms with van der Waals surface area (Å²) >= 11 is 1.72. The first-order valence-electron chi connectivity index (χ1n) is 11.5. The standard InChI is InChI=1S/C25H22F2N6O2S/c1-15-18-13-29-20(19-14-30-32-8-2-7-28-24(19)32)12-21(18)33(31-15)22-11-17(3-4-23(22)35-25(26)27)36-16-5-9-34-10-6-16/h2-4,7-8,11-14,16,25H,5-6,9-10H2,1H3. The molecule has 36 heavy (non-hydrogen) atoms. The van der Waals surface area contributed by atoms with E-state index >= 15 is 0 Å². The lowest BCUT2D eigenvalue weighted by Gasteiger charge is -2.22. The summed E-state index contributed by atoms with van der Waals surface area (Å²) < 4.78 is 40.3. The molecule has 5 aromatic rings. The van der Waals surface area contributed by atoms with Crippen LogP contribution in [0.1, 0.15) is 18.5 Å². The van der Waals surface area contributed by atoms with Crippen LogP contribution >= 0.6 is 11.8 Å². The Hall–Kier alpha value is -3.57. The first-order valence-corrected chi connectivity index (χ1v) is 12.4. The molecule has 1 aliphatic rings. The van der Waals surface area contributed by atoms with Crippen LogP contribution in [0, 0.1) is 6.92 Å². The molecule has 0 bridgehead atoms. The lowest BCUT2D eigenvalue weighted by Crippen LogP contribution is -2.17. The fraction of sp³-hybridized carbons (Fsp3) is 0.280. The fourth-order valence-electron chi connectivity index (χ4n) is 4.41. The molecule has 1 aromatic carbocycles. The Balaban J connectivity index is 1.47. The van der Waals surface area contributed by atoms with Gasteiger partial charge in [-0.2, -0.15) is 19.0 Å². The smallest absolute Gasteiger partial charge is 0.387 e. The maximum atomic E-state index is 13.3. The third-order valence-corrected chi connectivity index (χ3v) is 7.48. The molecule has 0 saturated carbocycles. The molecule has 0 atom stereocenters. The molecule has 1 aliphatic heterocycles. The molecule has 5 heterocycles. The van der Waals surface area contributed by atoms with E-state index in [4.69, 9.17) is 9.47 Å². The van der Waals surface area contributed by atoms with Gasteiger partial charge in [0.05, 0.1) is 28.7 Å². The van der Waals surface area contributed by atoms with E-state index in [-0.39, 0.29) is 5.75 Å². The summed E-state index contributed by atoms with van der Waals surface area (Å²) in [6, 6.07) is 8.95. The lowest BCUT2D eigenvalue weighted by molar-refractivity contribution is -0.0499. The highest BCUT2D eigenvalue weighted by Crippen LogP contribution is 2.36. The van der Waals surface area contributed by atoms with Crippen molar-refractivity contribution in [2.24, 2.45) is 0 Å². The molecule has 11 heteroatoms. The van der Waals surface area contributed by atoms with E-state index in [0.717, 1.165) is 53.1 Å². The Labute approximate surface area is 209 Å². The van der Waals surface area contributed by atoms with E-state index in [1.165, 1.54) is 0 Å². The molecule has 0 radical (unpaired) electrons. The van der Waals surface area contributed by atoms with Crippen molar-refractivity contribution >= 4 is 28.3 Å². The second-order valence-electron chi connectivity index (χ2n) is 8.47. The average molecular weight is 509 g/mol. The topological polar surface area (TPSA) is 79.4 Å². The van der Waals surface area contributed by atoms with Gasteiger partial charge in [-0.25, -0.2) is 14.2 Å². The average Bonchev–Trinajstić information content (AvgIpc) is 3.46. The van der Waals surface area contributed by atoms with Crippen molar-refractivity contribution in [2.45, 2.75) is 36.5 Å². The first kappa shape index (κ1) is 22.9. The van der Waals surface area contributed by atoms with Gasteiger partial charge in [0, 0.05) is 47.3 Å². The van der Waals surface area contributed by atoms with Gasteiger partial charge in [-0.1, -0.05) is 0 Å². The Kier molecular flexibility index (Phi) is 6.02. The maximum Gasteiger partial charge on any atom is 0.387 e. The Morgan fingerprint density at radius 3 is 2.83 bits per heavy atom. The van der Waals surface area contributed by atoms with Crippen molar-refractivity contribution in [3.8, 4) is 22.7 Å². The van der Waals surface area contributed by atoms with Crippen LogP contribution in [0.3, 0.4) is 0 Å². The SMILES string of the molecule is Cc1nn(-c2cc(SC3CCOCC3)ccc2OC(F)F)c2cc(-c3cnn4cccnc34)ncc12. The zero-order valence-corrected chi connectivity index (χ0v) is 20.2. The maximum absolute atomic E-state index is 13.3. The number of benzene rings is 1. The minimum absolute atomic E-state index is 0.0572. The third kappa shape index (κ3) is 4.28. The molecule has 0 N–H and O–H groups in total. The van der Waals surface area contributed by atoms with Crippen LogP contribution in [-0.2, 0) is 4.74 Å². The number of rotatable bonds is 6. The molecule has 6 rings (SSSR count). The van der Waals surface area contributed by atoms with Gasteiger partial charge in [0.25, 0.3) is 0 Å². The van der Waals surface area contributed by atoms with Gasteiger partial charge in [0.2, 0.25) is 0 Å². The van der Waals surface area contributed by atoms with Crippen LogP contribution in [0.5, 0.6) is 5.75 Å². The molecule has 1 fully saturated rings. The van der Waals surface area contributed by atoms with Gasteiger partial charge in [-0.15, -0.1) is 11.8 Å². The van der Waals surface area contributed by atoms with Crippen molar-refractivity contribution in [1.29, 1.82) is 0 Å². The van der Waals surface area contributed by atoms with Crippen LogP contribution in [0.2, 0.25) is 0 Å². The summed E-state index contributed by atoms with van der Waals surface area (Å²) in [5, 5.41) is 10.3. The molecular formula is C25H22F2N6O2S. The lowest BCUT2D eigenvalue weighted by atomic mass is 10.1. The number of alkyl halides is 2. The summed E-state index contributed by atoms with van der Waals surface area (Å²) in [6.45, 7) is 0.371. The number of ether oxygens (including phenoxy) is 2. The highest BCUT2D eigenvalue weighted by molar-refractivity contribution is 8.00. The van der Waals surface area contributed by atoms with E-state index in [2.05, 4.69) is 20.2 Å². The first-order chi connectivity index (χ1) is 17.6. The van der Waals surface area contributed by atoms with E-state index in [9.17, 15) is 8.78 Å². The number of aryl methyl sites for hydroxylation is 1. The third-order valence-electron chi connectivity index (χ3n) is 6.15. The molecule has 0 aliphatic carbocycles. The van der Waals surface area contributed by atoms with Crippen molar-refractivity contribution in [3.05, 3.63) is 60.8 Å². The van der Waals surface area contributed by atoms with Gasteiger partial charge in [0.1, 0.15) is 5.69 Å². The fourth-order valence-corrected chi connectivity index (χ4v) is 5.55. The normalized spacial score (nSPS) is 14.8. The summed E-state index contributed by atoms with van der Waals surface area (Å²) in [5.74, 6) is 0.0572. The summed E-state index contributed by atoms with van der Waals surface area (Å²) in [5.41, 5.74) is 3.98. The van der Waals surface area contributed by atoms with Crippen LogP contribution in [0.15, 0.2) is 60.0 Å². The van der Waals surface area contributed by atoms with Crippen molar-refractivity contribution in [1.82, 2.24) is 29.4 Å². The second-order valence-corrected chi connectivity index (χ2v) is 9.84. The van der Waals surface area contributed by atoms with E-state index in [1.54, 1.807) is 51.7 Å². The zero-order valence-electron chi connectivity index (χ0n) is 19.3. The van der Waals surface area contributed by atoms with Crippen molar-refractivity contribution < 1.29 is 18.3 Å². The highest BCUT2D eigenvalue weighted by atomic mass is 32.2. The number of nitrogens with zero attached hydrogens (tertiary/aromatic N) is 6. The number of fused-ring (bicyclic) bond motifs is 2. The van der Waals surface area contributed by atoms with Gasteiger partial charge in [-0.05, 0) is 50.1 Å². The predicted molar refractivity (Wildman–Crippen MR) is 132 cm³/mol. The number of pyridine rings is 1. The zero-order chi connectivity index (χ0) is 24.6. The number of hydrogen-bond donors (Lipinski definition) is 0. The van der Waals surface area contributed by atoms with Crippen LogP contribution in [-0.4, -0.2) is 54.4 Å². The van der Waals surface area contributed by atoms with Crippen LogP contribution < -0.4 is 4.74 Å². The molecule has 1 saturated heterocycles. The number of halogens is 2. The monoisotopic (exact) mass is 508 g/mol. The number of thioether (sulfide) groups is 1. The van der Waals surface area contributed by atoms with E-state index in [1.807, 2.05) is 31.3 Å². The van der Waals surface area contributed by atoms with Gasteiger partial charge < -0.3 is 9.47 Å². The minimum atomic E-state index is -2.96. The van der Waals surface area contributed by atoms with E-state index in [0.29, 0.717) is 22.3 Å². The molecule has 0 unspecified atom stereocenters. The van der Waals surface area contributed by atoms with Crippen LogP contribution in [0.25, 0.3) is 33.5 Å². The molecule has 8 nitrogen and oxygen atoms in total. The molecule has 184 valence electrons. The minimum Gasteiger partial charge on any atom is -0.433 e. The summed E-state index contributed by atoms with van der Waals surface area (Å²) in [6.07, 6.45) is 8.85. The van der Waals surface area contributed by atoms with Gasteiger partial charge >= 0.3 is 6.61 Å². The number of hydrogen-bond acceptors (Lipinski definition) is 7. The van der Waals surface area contributed by atoms with Gasteiger partial charge in [0.15, 0.2) is 11.4 Å². The largest absolute Gasteiger partial charge is 0.433 e. The van der Waals surface area contributed by atoms with E-state index < -0.39 is 6.61 Å². The number of aromatic nitrogens is 6. The summed E-state index contributed by atoms with van der Waals surface area (Å²) in [4.78, 5) is 10.00. The van der Waals surface area contributed by atoms with Crippen molar-refractivity contribution in [3.63, 3.8) is 0 Å². The Morgan fingerprint density at radius 1 is 1.14 bits per heavy atom. The predicted octanol–water partition coefficient (Wildman–Crippen LogP) is 5.31.